The summed E-state index contributed by atoms with van der Waals surface area (Å²) >= 11 is 6.03. The highest BCUT2D eigenvalue weighted by Gasteiger charge is 2.08. The fourth-order valence-electron chi connectivity index (χ4n) is 1.39. The highest BCUT2D eigenvalue weighted by molar-refractivity contribution is 6.31. The summed E-state index contributed by atoms with van der Waals surface area (Å²) in [5.74, 6) is -0.0254. The van der Waals surface area contributed by atoms with Crippen molar-refractivity contribution in [3.8, 4) is 0 Å². The Kier molecular flexibility index (Phi) is 4.58. The van der Waals surface area contributed by atoms with E-state index in [4.69, 9.17) is 17.3 Å². The number of benzene rings is 1. The van der Waals surface area contributed by atoms with Gasteiger partial charge in [0, 0.05) is 24.3 Å². The molecule has 1 amide bonds. The number of hydrogen-bond donors (Lipinski definition) is 2. The van der Waals surface area contributed by atoms with Gasteiger partial charge < -0.3 is 11.1 Å². The smallest absolute Gasteiger partial charge is 0.233 e. The summed E-state index contributed by atoms with van der Waals surface area (Å²) in [4.78, 5) is 13.0. The van der Waals surface area contributed by atoms with Gasteiger partial charge in [0.05, 0.1) is 6.54 Å². The molecular formula is C11H16ClN3O. The predicted octanol–water partition coefficient (Wildman–Crippen LogP) is 1.10. The first-order chi connectivity index (χ1) is 7.52. The summed E-state index contributed by atoms with van der Waals surface area (Å²) in [7, 11) is 3.47. The summed E-state index contributed by atoms with van der Waals surface area (Å²) in [6, 6.07) is 5.34. The predicted molar refractivity (Wildman–Crippen MR) is 66.3 cm³/mol. The molecule has 16 heavy (non-hydrogen) atoms. The van der Waals surface area contributed by atoms with Crippen molar-refractivity contribution in [1.29, 1.82) is 0 Å². The molecule has 0 unspecified atom stereocenters. The minimum absolute atomic E-state index is 0.0254. The van der Waals surface area contributed by atoms with E-state index in [-0.39, 0.29) is 5.91 Å². The van der Waals surface area contributed by atoms with E-state index in [0.29, 0.717) is 23.8 Å². The number of carbonyl (C=O) groups excluding carboxylic acids is 1. The van der Waals surface area contributed by atoms with Gasteiger partial charge >= 0.3 is 0 Å². The number of nitrogens with zero attached hydrogens (tertiary/aromatic N) is 1. The summed E-state index contributed by atoms with van der Waals surface area (Å²) < 4.78 is 0. The standard InChI is InChI=1S/C11H16ClN3O/c1-14-11(16)7-15(2)6-8-5-9(13)3-4-10(8)12/h3-5H,6-7,13H2,1-2H3,(H,14,16). The molecule has 0 aliphatic heterocycles. The molecule has 0 aromatic heterocycles. The molecule has 1 aromatic carbocycles. The number of nitrogens with two attached hydrogens (primary N) is 1. The van der Waals surface area contributed by atoms with Crippen molar-refractivity contribution in [2.24, 2.45) is 0 Å². The number of nitrogen functional groups attached to an aromatic ring is 1. The first-order valence-electron chi connectivity index (χ1n) is 4.96. The fourth-order valence-corrected chi connectivity index (χ4v) is 1.56. The van der Waals surface area contributed by atoms with Gasteiger partial charge in [0.15, 0.2) is 0 Å². The number of likely N-dealkylation sites (N-methyl/N-ethyl adjacent to an activating group) is 2. The number of amides is 1. The molecule has 1 aromatic rings. The van der Waals surface area contributed by atoms with Crippen molar-refractivity contribution < 1.29 is 4.79 Å². The van der Waals surface area contributed by atoms with Crippen molar-refractivity contribution in [2.75, 3.05) is 26.4 Å². The van der Waals surface area contributed by atoms with Crippen LogP contribution in [0.3, 0.4) is 0 Å². The molecule has 0 radical (unpaired) electrons. The highest BCUT2D eigenvalue weighted by Crippen LogP contribution is 2.19. The maximum Gasteiger partial charge on any atom is 0.233 e. The van der Waals surface area contributed by atoms with Gasteiger partial charge in [0.1, 0.15) is 0 Å². The summed E-state index contributed by atoms with van der Waals surface area (Å²) in [5.41, 5.74) is 7.27. The average molecular weight is 242 g/mol. The minimum Gasteiger partial charge on any atom is -0.399 e. The maximum absolute atomic E-state index is 11.2. The molecule has 4 nitrogen and oxygen atoms in total. The molecule has 3 N–H and O–H groups in total. The Hall–Kier alpha value is -1.26. The third-order valence-electron chi connectivity index (χ3n) is 2.20. The van der Waals surface area contributed by atoms with E-state index < -0.39 is 0 Å². The van der Waals surface area contributed by atoms with Crippen LogP contribution in [0.4, 0.5) is 5.69 Å². The first-order valence-corrected chi connectivity index (χ1v) is 5.33. The Balaban J connectivity index is 2.65. The van der Waals surface area contributed by atoms with Crippen LogP contribution in [0.25, 0.3) is 0 Å². The van der Waals surface area contributed by atoms with E-state index in [1.165, 1.54) is 0 Å². The summed E-state index contributed by atoms with van der Waals surface area (Å²) in [6.07, 6.45) is 0. The van der Waals surface area contributed by atoms with Crippen LogP contribution in [0, 0.1) is 0 Å². The molecule has 0 bridgehead atoms. The van der Waals surface area contributed by atoms with E-state index in [0.717, 1.165) is 5.56 Å². The number of carbonyl (C=O) groups is 1. The molecule has 0 heterocycles. The molecule has 0 spiro atoms. The van der Waals surface area contributed by atoms with Gasteiger partial charge in [0.2, 0.25) is 5.91 Å². The second-order valence-corrected chi connectivity index (χ2v) is 4.10. The van der Waals surface area contributed by atoms with Crippen molar-refractivity contribution in [3.63, 3.8) is 0 Å². The molecule has 0 aliphatic carbocycles. The zero-order chi connectivity index (χ0) is 12.1. The SMILES string of the molecule is CNC(=O)CN(C)Cc1cc(N)ccc1Cl. The van der Waals surface area contributed by atoms with Crippen LogP contribution in [0.15, 0.2) is 18.2 Å². The van der Waals surface area contributed by atoms with E-state index in [1.807, 2.05) is 18.0 Å². The first kappa shape index (κ1) is 12.8. The number of anilines is 1. The van der Waals surface area contributed by atoms with Gasteiger partial charge in [0.25, 0.3) is 0 Å². The van der Waals surface area contributed by atoms with Crippen LogP contribution in [-0.4, -0.2) is 31.4 Å². The van der Waals surface area contributed by atoms with E-state index >= 15 is 0 Å². The highest BCUT2D eigenvalue weighted by atomic mass is 35.5. The van der Waals surface area contributed by atoms with Crippen molar-refractivity contribution in [2.45, 2.75) is 6.54 Å². The molecule has 1 rings (SSSR count). The quantitative estimate of drug-likeness (QED) is 0.777. The Morgan fingerprint density at radius 1 is 1.56 bits per heavy atom. The molecule has 0 aliphatic rings. The molecule has 5 heteroatoms. The third kappa shape index (κ3) is 3.72. The van der Waals surface area contributed by atoms with Gasteiger partial charge in [-0.2, -0.15) is 0 Å². The van der Waals surface area contributed by atoms with Crippen LogP contribution < -0.4 is 11.1 Å². The Morgan fingerprint density at radius 3 is 2.88 bits per heavy atom. The lowest BCUT2D eigenvalue weighted by Crippen LogP contribution is -2.32. The molecule has 0 fully saturated rings. The lowest BCUT2D eigenvalue weighted by molar-refractivity contribution is -0.121. The van der Waals surface area contributed by atoms with Gasteiger partial charge in [-0.25, -0.2) is 0 Å². The molecule has 0 saturated carbocycles. The normalized spacial score (nSPS) is 10.5. The van der Waals surface area contributed by atoms with Crippen LogP contribution >= 0.6 is 11.6 Å². The number of hydrogen-bond acceptors (Lipinski definition) is 3. The maximum atomic E-state index is 11.2. The van der Waals surface area contributed by atoms with Gasteiger partial charge in [-0.3, -0.25) is 9.69 Å². The van der Waals surface area contributed by atoms with Crippen LogP contribution in [-0.2, 0) is 11.3 Å². The van der Waals surface area contributed by atoms with E-state index in [9.17, 15) is 4.79 Å². The summed E-state index contributed by atoms with van der Waals surface area (Å²) in [5, 5.41) is 3.23. The van der Waals surface area contributed by atoms with Crippen LogP contribution in [0.5, 0.6) is 0 Å². The second-order valence-electron chi connectivity index (χ2n) is 3.70. The number of rotatable bonds is 4. The third-order valence-corrected chi connectivity index (χ3v) is 2.57. The summed E-state index contributed by atoms with van der Waals surface area (Å²) in [6.45, 7) is 0.929. The van der Waals surface area contributed by atoms with Crippen molar-refractivity contribution in [3.05, 3.63) is 28.8 Å². The molecule has 0 saturated heterocycles. The molecule has 88 valence electrons. The van der Waals surface area contributed by atoms with Crippen molar-refractivity contribution in [1.82, 2.24) is 10.2 Å². The van der Waals surface area contributed by atoms with Crippen LogP contribution in [0.1, 0.15) is 5.56 Å². The van der Waals surface area contributed by atoms with Crippen LogP contribution in [0.2, 0.25) is 5.02 Å². The number of halogens is 1. The lowest BCUT2D eigenvalue weighted by Gasteiger charge is -2.16. The Bertz CT molecular complexity index is 381. The topological polar surface area (TPSA) is 58.4 Å². The monoisotopic (exact) mass is 241 g/mol. The Labute approximate surface area is 100 Å². The second kappa shape index (κ2) is 5.72. The molecule has 0 atom stereocenters. The van der Waals surface area contributed by atoms with Gasteiger partial charge in [-0.15, -0.1) is 0 Å². The zero-order valence-electron chi connectivity index (χ0n) is 9.46. The van der Waals surface area contributed by atoms with E-state index in [2.05, 4.69) is 5.32 Å². The molecular weight excluding hydrogens is 226 g/mol. The fraction of sp³-hybridized carbons (Fsp3) is 0.364. The lowest BCUT2D eigenvalue weighted by atomic mass is 10.2. The largest absolute Gasteiger partial charge is 0.399 e. The average Bonchev–Trinajstić information content (AvgIpc) is 2.23. The van der Waals surface area contributed by atoms with Gasteiger partial charge in [-0.1, -0.05) is 11.6 Å². The zero-order valence-corrected chi connectivity index (χ0v) is 10.2. The Morgan fingerprint density at radius 2 is 2.25 bits per heavy atom. The minimum atomic E-state index is -0.0254. The van der Waals surface area contributed by atoms with E-state index in [1.54, 1.807) is 19.2 Å². The van der Waals surface area contributed by atoms with Gasteiger partial charge in [-0.05, 0) is 30.8 Å². The number of nitrogens with one attached hydrogen (secondary N) is 1. The van der Waals surface area contributed by atoms with Crippen molar-refractivity contribution >= 4 is 23.2 Å².